The molecule has 18 heavy (non-hydrogen) atoms. The Morgan fingerprint density at radius 3 is 2.94 bits per heavy atom. The predicted octanol–water partition coefficient (Wildman–Crippen LogP) is 2.27. The van der Waals surface area contributed by atoms with Gasteiger partial charge in [-0.3, -0.25) is 4.79 Å². The van der Waals surface area contributed by atoms with Gasteiger partial charge in [0.1, 0.15) is 0 Å². The fraction of sp³-hybridized carbons (Fsp3) is 0.533. The third kappa shape index (κ3) is 3.03. The minimum atomic E-state index is 0.144. The van der Waals surface area contributed by atoms with Crippen LogP contribution in [0.1, 0.15) is 31.4 Å². The van der Waals surface area contributed by atoms with Crippen LogP contribution in [0.25, 0.3) is 0 Å². The van der Waals surface area contributed by atoms with Gasteiger partial charge in [0.25, 0.3) is 0 Å². The van der Waals surface area contributed by atoms with Crippen LogP contribution in [-0.2, 0) is 11.2 Å². The number of aryl methyl sites for hydroxylation is 1. The monoisotopic (exact) mass is 246 g/mol. The van der Waals surface area contributed by atoms with Gasteiger partial charge in [-0.1, -0.05) is 17.7 Å². The lowest BCUT2D eigenvalue weighted by molar-refractivity contribution is -0.121. The summed E-state index contributed by atoms with van der Waals surface area (Å²) in [4.78, 5) is 14.0. The van der Waals surface area contributed by atoms with E-state index in [0.717, 1.165) is 19.5 Å². The number of nitrogens with one attached hydrogen (secondary N) is 1. The lowest BCUT2D eigenvalue weighted by Crippen LogP contribution is -2.33. The van der Waals surface area contributed by atoms with Crippen LogP contribution in [0.15, 0.2) is 18.2 Å². The highest BCUT2D eigenvalue weighted by Crippen LogP contribution is 2.28. The maximum atomic E-state index is 11.6. The smallest absolute Gasteiger partial charge is 0.221 e. The molecule has 0 aliphatic carbocycles. The molecular weight excluding hydrogens is 224 g/mol. The van der Waals surface area contributed by atoms with Crippen LogP contribution >= 0.6 is 0 Å². The highest BCUT2D eigenvalue weighted by molar-refractivity contribution is 5.77. The summed E-state index contributed by atoms with van der Waals surface area (Å²) in [5.41, 5.74) is 4.03. The van der Waals surface area contributed by atoms with E-state index >= 15 is 0 Å². The third-order valence-corrected chi connectivity index (χ3v) is 3.29. The van der Waals surface area contributed by atoms with Crippen molar-refractivity contribution in [2.75, 3.05) is 18.0 Å². The van der Waals surface area contributed by atoms with Gasteiger partial charge < -0.3 is 10.2 Å². The molecule has 1 aromatic rings. The molecule has 1 aromatic carbocycles. The molecule has 0 unspecified atom stereocenters. The van der Waals surface area contributed by atoms with Gasteiger partial charge in [0.2, 0.25) is 5.91 Å². The van der Waals surface area contributed by atoms with Crippen molar-refractivity contribution in [1.82, 2.24) is 5.32 Å². The first kappa shape index (κ1) is 12.9. The molecule has 98 valence electrons. The quantitative estimate of drug-likeness (QED) is 0.884. The Morgan fingerprint density at radius 2 is 2.22 bits per heavy atom. The topological polar surface area (TPSA) is 32.3 Å². The minimum Gasteiger partial charge on any atom is -0.370 e. The SMILES string of the molecule is Cc1ccc2c(c1)CCN2CCC(=O)NC(C)C. The molecule has 1 N–H and O–H groups in total. The minimum absolute atomic E-state index is 0.144. The average Bonchev–Trinajstić information content (AvgIpc) is 2.67. The lowest BCUT2D eigenvalue weighted by atomic mass is 10.1. The van der Waals surface area contributed by atoms with Crippen molar-refractivity contribution in [3.8, 4) is 0 Å². The molecule has 0 aromatic heterocycles. The molecule has 0 bridgehead atoms. The molecule has 1 aliphatic rings. The van der Waals surface area contributed by atoms with Crippen molar-refractivity contribution >= 4 is 11.6 Å². The second-order valence-corrected chi connectivity index (χ2v) is 5.34. The molecule has 2 rings (SSSR count). The number of nitrogens with zero attached hydrogens (tertiary/aromatic N) is 1. The standard InChI is InChI=1S/C15H22N2O/c1-11(2)16-15(18)7-9-17-8-6-13-10-12(3)4-5-14(13)17/h4-5,10-11H,6-9H2,1-3H3,(H,16,18). The van der Waals surface area contributed by atoms with E-state index in [-0.39, 0.29) is 11.9 Å². The Morgan fingerprint density at radius 1 is 1.44 bits per heavy atom. The van der Waals surface area contributed by atoms with Crippen LogP contribution in [0.5, 0.6) is 0 Å². The van der Waals surface area contributed by atoms with Crippen molar-refractivity contribution in [3.63, 3.8) is 0 Å². The van der Waals surface area contributed by atoms with Gasteiger partial charge in [-0.2, -0.15) is 0 Å². The van der Waals surface area contributed by atoms with Crippen LogP contribution in [0.4, 0.5) is 5.69 Å². The highest BCUT2D eigenvalue weighted by Gasteiger charge is 2.19. The second-order valence-electron chi connectivity index (χ2n) is 5.34. The second kappa shape index (κ2) is 5.42. The Hall–Kier alpha value is -1.51. The van der Waals surface area contributed by atoms with E-state index in [1.54, 1.807) is 0 Å². The molecule has 0 saturated carbocycles. The molecule has 1 amide bonds. The zero-order chi connectivity index (χ0) is 13.1. The van der Waals surface area contributed by atoms with E-state index in [0.29, 0.717) is 6.42 Å². The number of rotatable bonds is 4. The Kier molecular flexibility index (Phi) is 3.90. The fourth-order valence-corrected chi connectivity index (χ4v) is 2.46. The Balaban J connectivity index is 1.92. The first-order chi connectivity index (χ1) is 8.56. The van der Waals surface area contributed by atoms with E-state index < -0.39 is 0 Å². The number of anilines is 1. The number of hydrogen-bond donors (Lipinski definition) is 1. The maximum Gasteiger partial charge on any atom is 0.221 e. The van der Waals surface area contributed by atoms with E-state index in [1.165, 1.54) is 16.8 Å². The lowest BCUT2D eigenvalue weighted by Gasteiger charge is -2.19. The number of benzene rings is 1. The molecule has 0 radical (unpaired) electrons. The molecule has 0 saturated heterocycles. The molecule has 0 spiro atoms. The van der Waals surface area contributed by atoms with Gasteiger partial charge in [0, 0.05) is 31.2 Å². The summed E-state index contributed by atoms with van der Waals surface area (Å²) in [6, 6.07) is 6.80. The molecular formula is C15H22N2O. The van der Waals surface area contributed by atoms with Crippen LogP contribution in [0.2, 0.25) is 0 Å². The normalized spacial score (nSPS) is 13.9. The summed E-state index contributed by atoms with van der Waals surface area (Å²) in [5.74, 6) is 0.144. The number of amides is 1. The first-order valence-corrected chi connectivity index (χ1v) is 6.70. The molecule has 0 fully saturated rings. The number of hydrogen-bond acceptors (Lipinski definition) is 2. The predicted molar refractivity (Wildman–Crippen MR) is 75.0 cm³/mol. The van der Waals surface area contributed by atoms with E-state index in [4.69, 9.17) is 0 Å². The van der Waals surface area contributed by atoms with E-state index in [2.05, 4.69) is 35.3 Å². The van der Waals surface area contributed by atoms with Gasteiger partial charge in [-0.15, -0.1) is 0 Å². The summed E-state index contributed by atoms with van der Waals surface area (Å²) in [7, 11) is 0. The van der Waals surface area contributed by atoms with Crippen molar-refractivity contribution in [2.45, 2.75) is 39.7 Å². The fourth-order valence-electron chi connectivity index (χ4n) is 2.46. The van der Waals surface area contributed by atoms with Gasteiger partial charge in [-0.05, 0) is 38.8 Å². The maximum absolute atomic E-state index is 11.6. The molecule has 1 heterocycles. The average molecular weight is 246 g/mol. The summed E-state index contributed by atoms with van der Waals surface area (Å²) >= 11 is 0. The number of carbonyl (C=O) groups excluding carboxylic acids is 1. The first-order valence-electron chi connectivity index (χ1n) is 6.70. The Labute approximate surface area is 109 Å². The van der Waals surface area contributed by atoms with E-state index in [1.807, 2.05) is 13.8 Å². The molecule has 3 nitrogen and oxygen atoms in total. The molecule has 1 aliphatic heterocycles. The van der Waals surface area contributed by atoms with Crippen molar-refractivity contribution in [3.05, 3.63) is 29.3 Å². The number of carbonyl (C=O) groups is 1. The Bertz CT molecular complexity index is 440. The summed E-state index contributed by atoms with van der Waals surface area (Å²) in [6.45, 7) is 7.96. The summed E-state index contributed by atoms with van der Waals surface area (Å²) < 4.78 is 0. The van der Waals surface area contributed by atoms with Crippen LogP contribution in [-0.4, -0.2) is 25.0 Å². The van der Waals surface area contributed by atoms with Gasteiger partial charge in [0.05, 0.1) is 0 Å². The van der Waals surface area contributed by atoms with Gasteiger partial charge in [0.15, 0.2) is 0 Å². The number of fused-ring (bicyclic) bond motifs is 1. The summed E-state index contributed by atoms with van der Waals surface area (Å²) in [6.07, 6.45) is 1.67. The highest BCUT2D eigenvalue weighted by atomic mass is 16.1. The molecule has 3 heteroatoms. The van der Waals surface area contributed by atoms with Gasteiger partial charge >= 0.3 is 0 Å². The van der Waals surface area contributed by atoms with Crippen molar-refractivity contribution < 1.29 is 4.79 Å². The zero-order valence-corrected chi connectivity index (χ0v) is 11.5. The van der Waals surface area contributed by atoms with Crippen molar-refractivity contribution in [2.24, 2.45) is 0 Å². The van der Waals surface area contributed by atoms with Crippen LogP contribution in [0.3, 0.4) is 0 Å². The van der Waals surface area contributed by atoms with E-state index in [9.17, 15) is 4.79 Å². The van der Waals surface area contributed by atoms with Crippen LogP contribution in [0, 0.1) is 6.92 Å². The zero-order valence-electron chi connectivity index (χ0n) is 11.5. The van der Waals surface area contributed by atoms with Gasteiger partial charge in [-0.25, -0.2) is 0 Å². The largest absolute Gasteiger partial charge is 0.370 e. The van der Waals surface area contributed by atoms with Crippen molar-refractivity contribution in [1.29, 1.82) is 0 Å². The summed E-state index contributed by atoms with van der Waals surface area (Å²) in [5, 5.41) is 2.93. The third-order valence-electron chi connectivity index (χ3n) is 3.29. The van der Waals surface area contributed by atoms with Crippen LogP contribution < -0.4 is 10.2 Å². The molecule has 0 atom stereocenters.